The number of para-hydroxylation sites is 2. The fourth-order valence-corrected chi connectivity index (χ4v) is 3.45. The Bertz CT molecular complexity index is 1090. The summed E-state index contributed by atoms with van der Waals surface area (Å²) in [4.78, 5) is 12.3. The van der Waals surface area contributed by atoms with Crippen molar-refractivity contribution in [1.82, 2.24) is 5.16 Å². The van der Waals surface area contributed by atoms with Gasteiger partial charge in [0.15, 0.2) is 5.82 Å². The van der Waals surface area contributed by atoms with Gasteiger partial charge in [0, 0.05) is 11.8 Å². The van der Waals surface area contributed by atoms with Gasteiger partial charge in [-0.05, 0) is 50.2 Å². The number of aromatic nitrogens is 1. The molecule has 2 amide bonds. The summed E-state index contributed by atoms with van der Waals surface area (Å²) in [6, 6.07) is 13.8. The lowest BCUT2D eigenvalue weighted by Crippen LogP contribution is -2.20. The first-order valence-electron chi connectivity index (χ1n) is 8.73. The lowest BCUT2D eigenvalue weighted by molar-refractivity contribution is 0.262. The Kier molecular flexibility index (Phi) is 6.03. The van der Waals surface area contributed by atoms with Gasteiger partial charge in [-0.25, -0.2) is 13.2 Å². The van der Waals surface area contributed by atoms with Crippen molar-refractivity contribution in [2.75, 3.05) is 22.0 Å². The van der Waals surface area contributed by atoms with Crippen LogP contribution in [0.5, 0.6) is 5.75 Å². The van der Waals surface area contributed by atoms with Gasteiger partial charge in [-0.1, -0.05) is 17.3 Å². The molecule has 0 aliphatic carbocycles. The molecule has 3 N–H and O–H groups in total. The van der Waals surface area contributed by atoms with E-state index in [2.05, 4.69) is 20.5 Å². The number of amides is 2. The SMILES string of the molecule is CCOc1ccccc1NC(=O)Nc1ccc(S(=O)(=O)Nc2cc(C)on2)cc1. The van der Waals surface area contributed by atoms with Gasteiger partial charge in [0.25, 0.3) is 10.0 Å². The molecule has 3 rings (SSSR count). The highest BCUT2D eigenvalue weighted by molar-refractivity contribution is 7.92. The summed E-state index contributed by atoms with van der Waals surface area (Å²) in [6.45, 7) is 3.98. The second-order valence-corrected chi connectivity index (χ2v) is 7.64. The Morgan fingerprint density at radius 2 is 1.83 bits per heavy atom. The number of hydrogen-bond acceptors (Lipinski definition) is 6. The van der Waals surface area contributed by atoms with Crippen molar-refractivity contribution in [2.24, 2.45) is 0 Å². The van der Waals surface area contributed by atoms with Crippen molar-refractivity contribution in [3.8, 4) is 5.75 Å². The van der Waals surface area contributed by atoms with E-state index in [0.29, 0.717) is 29.5 Å². The van der Waals surface area contributed by atoms with Crippen LogP contribution in [0.15, 0.2) is 64.0 Å². The molecule has 152 valence electrons. The zero-order chi connectivity index (χ0) is 20.9. The highest BCUT2D eigenvalue weighted by Gasteiger charge is 2.16. The number of benzene rings is 2. The Labute approximate surface area is 168 Å². The van der Waals surface area contributed by atoms with E-state index in [-0.39, 0.29) is 10.7 Å². The summed E-state index contributed by atoms with van der Waals surface area (Å²) in [7, 11) is -3.82. The van der Waals surface area contributed by atoms with Gasteiger partial charge >= 0.3 is 6.03 Å². The molecule has 0 aliphatic rings. The lowest BCUT2D eigenvalue weighted by atomic mass is 10.3. The average Bonchev–Trinajstić information content (AvgIpc) is 3.08. The van der Waals surface area contributed by atoms with Gasteiger partial charge in [-0.3, -0.25) is 4.72 Å². The van der Waals surface area contributed by atoms with Gasteiger partial charge in [0.05, 0.1) is 17.2 Å². The van der Waals surface area contributed by atoms with E-state index in [4.69, 9.17) is 9.26 Å². The lowest BCUT2D eigenvalue weighted by Gasteiger charge is -2.12. The standard InChI is InChI=1S/C19H20N4O5S/c1-3-27-17-7-5-4-6-16(17)21-19(24)20-14-8-10-15(11-9-14)29(25,26)23-18-12-13(2)28-22-18/h4-12H,3H2,1-2H3,(H,22,23)(H2,20,21,24). The van der Waals surface area contributed by atoms with Crippen molar-refractivity contribution >= 4 is 33.2 Å². The zero-order valence-electron chi connectivity index (χ0n) is 15.8. The molecule has 0 saturated heterocycles. The molecule has 0 spiro atoms. The molecular weight excluding hydrogens is 396 g/mol. The van der Waals surface area contributed by atoms with Crippen LogP contribution in [0.4, 0.5) is 22.0 Å². The highest BCUT2D eigenvalue weighted by Crippen LogP contribution is 2.24. The van der Waals surface area contributed by atoms with Crippen LogP contribution in [0.1, 0.15) is 12.7 Å². The smallest absolute Gasteiger partial charge is 0.323 e. The molecule has 0 fully saturated rings. The predicted octanol–water partition coefficient (Wildman–Crippen LogP) is 3.83. The van der Waals surface area contributed by atoms with Crippen LogP contribution >= 0.6 is 0 Å². The van der Waals surface area contributed by atoms with E-state index in [1.54, 1.807) is 25.1 Å². The van der Waals surface area contributed by atoms with E-state index < -0.39 is 16.1 Å². The minimum atomic E-state index is -3.82. The number of rotatable bonds is 7. The van der Waals surface area contributed by atoms with E-state index in [1.807, 2.05) is 13.0 Å². The molecule has 10 heteroatoms. The second-order valence-electron chi connectivity index (χ2n) is 5.96. The number of nitrogens with one attached hydrogen (secondary N) is 3. The van der Waals surface area contributed by atoms with Crippen molar-refractivity contribution < 1.29 is 22.5 Å². The molecule has 0 unspecified atom stereocenters. The summed E-state index contributed by atoms with van der Waals surface area (Å²) in [5.41, 5.74) is 0.950. The van der Waals surface area contributed by atoms with E-state index in [9.17, 15) is 13.2 Å². The minimum absolute atomic E-state index is 0.0193. The third-order valence-corrected chi connectivity index (χ3v) is 5.10. The number of urea groups is 1. The molecule has 0 bridgehead atoms. The van der Waals surface area contributed by atoms with Crippen LogP contribution < -0.4 is 20.1 Å². The van der Waals surface area contributed by atoms with Gasteiger partial charge in [-0.15, -0.1) is 0 Å². The number of anilines is 3. The molecule has 0 atom stereocenters. The number of nitrogens with zero attached hydrogens (tertiary/aromatic N) is 1. The molecule has 29 heavy (non-hydrogen) atoms. The van der Waals surface area contributed by atoms with Crippen molar-refractivity contribution in [3.05, 3.63) is 60.4 Å². The monoisotopic (exact) mass is 416 g/mol. The summed E-state index contributed by atoms with van der Waals surface area (Å²) in [6.07, 6.45) is 0. The third-order valence-electron chi connectivity index (χ3n) is 3.72. The fraction of sp³-hybridized carbons (Fsp3) is 0.158. The normalized spacial score (nSPS) is 11.0. The third kappa shape index (κ3) is 5.26. The summed E-state index contributed by atoms with van der Waals surface area (Å²) >= 11 is 0. The quantitative estimate of drug-likeness (QED) is 0.538. The van der Waals surface area contributed by atoms with Crippen LogP contribution in [0.3, 0.4) is 0 Å². The first-order valence-corrected chi connectivity index (χ1v) is 10.2. The van der Waals surface area contributed by atoms with Crippen LogP contribution in [-0.2, 0) is 10.0 Å². The molecule has 9 nitrogen and oxygen atoms in total. The van der Waals surface area contributed by atoms with Crippen molar-refractivity contribution in [2.45, 2.75) is 18.7 Å². The molecule has 1 aromatic heterocycles. The molecule has 1 heterocycles. The van der Waals surface area contributed by atoms with E-state index in [0.717, 1.165) is 0 Å². The van der Waals surface area contributed by atoms with E-state index >= 15 is 0 Å². The number of carbonyl (C=O) groups excluding carboxylic acids is 1. The Hall–Kier alpha value is -3.53. The predicted molar refractivity (Wildman–Crippen MR) is 109 cm³/mol. The summed E-state index contributed by atoms with van der Waals surface area (Å²) in [5.74, 6) is 1.14. The second kappa shape index (κ2) is 8.65. The van der Waals surface area contributed by atoms with Crippen molar-refractivity contribution in [3.63, 3.8) is 0 Å². The molecule has 0 radical (unpaired) electrons. The van der Waals surface area contributed by atoms with Crippen LogP contribution in [0.25, 0.3) is 0 Å². The molecule has 3 aromatic rings. The number of hydrogen-bond donors (Lipinski definition) is 3. The maximum absolute atomic E-state index is 12.4. The number of ether oxygens (including phenoxy) is 1. The zero-order valence-corrected chi connectivity index (χ0v) is 16.6. The molecule has 0 saturated carbocycles. The fourth-order valence-electron chi connectivity index (χ4n) is 2.46. The largest absolute Gasteiger partial charge is 0.492 e. The number of sulfonamides is 1. The molecular formula is C19H20N4O5S. The Balaban J connectivity index is 1.65. The molecule has 0 aliphatic heterocycles. The van der Waals surface area contributed by atoms with Crippen molar-refractivity contribution in [1.29, 1.82) is 0 Å². The maximum atomic E-state index is 12.4. The first kappa shape index (κ1) is 20.2. The van der Waals surface area contributed by atoms with Gasteiger partial charge in [0.2, 0.25) is 0 Å². The number of aryl methyl sites for hydroxylation is 1. The first-order chi connectivity index (χ1) is 13.9. The van der Waals surface area contributed by atoms with E-state index in [1.165, 1.54) is 30.3 Å². The van der Waals surface area contributed by atoms with Gasteiger partial charge < -0.3 is 19.9 Å². The molecule has 2 aromatic carbocycles. The number of carbonyl (C=O) groups is 1. The average molecular weight is 416 g/mol. The van der Waals surface area contributed by atoms with Crippen LogP contribution in [-0.4, -0.2) is 26.2 Å². The topological polar surface area (TPSA) is 123 Å². The Morgan fingerprint density at radius 3 is 2.48 bits per heavy atom. The van der Waals surface area contributed by atoms with Crippen LogP contribution in [0, 0.1) is 6.92 Å². The summed E-state index contributed by atoms with van der Waals surface area (Å²) in [5, 5.41) is 8.95. The minimum Gasteiger partial charge on any atom is -0.492 e. The van der Waals surface area contributed by atoms with Crippen LogP contribution in [0.2, 0.25) is 0 Å². The van der Waals surface area contributed by atoms with Gasteiger partial charge in [-0.2, -0.15) is 0 Å². The summed E-state index contributed by atoms with van der Waals surface area (Å²) < 4.78 is 37.4. The maximum Gasteiger partial charge on any atom is 0.323 e. The van der Waals surface area contributed by atoms with Gasteiger partial charge in [0.1, 0.15) is 11.5 Å². The Morgan fingerprint density at radius 1 is 1.10 bits per heavy atom. The highest BCUT2D eigenvalue weighted by atomic mass is 32.2.